The van der Waals surface area contributed by atoms with Crippen LogP contribution in [0.2, 0.25) is 6.04 Å². The molecule has 0 aliphatic carbocycles. The highest BCUT2D eigenvalue weighted by Crippen LogP contribution is 2.29. The molecule has 1 aliphatic heterocycles. The van der Waals surface area contributed by atoms with Crippen LogP contribution >= 0.6 is 0 Å². The maximum atomic E-state index is 12.1. The van der Waals surface area contributed by atoms with E-state index in [9.17, 15) is 13.2 Å². The van der Waals surface area contributed by atoms with E-state index >= 15 is 0 Å². The summed E-state index contributed by atoms with van der Waals surface area (Å²) in [4.78, 5) is 0. The van der Waals surface area contributed by atoms with E-state index in [-0.39, 0.29) is 11.3 Å². The fourth-order valence-electron chi connectivity index (χ4n) is 2.18. The monoisotopic (exact) mass is 252 g/mol. The molecule has 94 valence electrons. The van der Waals surface area contributed by atoms with Gasteiger partial charge in [-0.3, -0.25) is 0 Å². The summed E-state index contributed by atoms with van der Waals surface area (Å²) in [7, 11) is -0.861. The van der Waals surface area contributed by atoms with Crippen molar-refractivity contribution in [1.82, 2.24) is 0 Å². The van der Waals surface area contributed by atoms with Gasteiger partial charge in [-0.05, 0) is 26.2 Å². The third-order valence-corrected chi connectivity index (χ3v) is 5.26. The van der Waals surface area contributed by atoms with E-state index in [1.54, 1.807) is 0 Å². The van der Waals surface area contributed by atoms with E-state index < -0.39 is 22.1 Å². The SMILES string of the molecule is CC=CC1([SiH2]CCC(F)(F)F)CCCCO1. The molecule has 1 heterocycles. The standard InChI is InChI=1S/C11H19F3OSi/c1-2-5-10(6-3-4-8-15-10)16-9-7-11(12,13)14/h2,5H,3-4,6-9,16H2,1H3. The first-order valence-electron chi connectivity index (χ1n) is 5.82. The minimum Gasteiger partial charge on any atom is -0.375 e. The second kappa shape index (κ2) is 5.86. The quantitative estimate of drug-likeness (QED) is 0.552. The topological polar surface area (TPSA) is 9.23 Å². The summed E-state index contributed by atoms with van der Waals surface area (Å²) in [6.07, 6.45) is 2.24. The first-order chi connectivity index (χ1) is 7.47. The minimum atomic E-state index is -4.02. The molecular weight excluding hydrogens is 233 g/mol. The molecule has 1 fully saturated rings. The van der Waals surface area contributed by atoms with E-state index in [1.165, 1.54) is 0 Å². The fraction of sp³-hybridized carbons (Fsp3) is 0.818. The van der Waals surface area contributed by atoms with Crippen LogP contribution in [0.1, 0.15) is 32.6 Å². The summed E-state index contributed by atoms with van der Waals surface area (Å²) in [6.45, 7) is 2.60. The van der Waals surface area contributed by atoms with Gasteiger partial charge >= 0.3 is 6.18 Å². The molecule has 0 spiro atoms. The van der Waals surface area contributed by atoms with Crippen molar-refractivity contribution < 1.29 is 17.9 Å². The molecule has 1 unspecified atom stereocenters. The number of ether oxygens (including phenoxy) is 1. The molecule has 1 aliphatic rings. The van der Waals surface area contributed by atoms with Crippen molar-refractivity contribution in [3.8, 4) is 0 Å². The Morgan fingerprint density at radius 3 is 2.62 bits per heavy atom. The smallest absolute Gasteiger partial charge is 0.375 e. The normalized spacial score (nSPS) is 28.2. The summed E-state index contributed by atoms with van der Waals surface area (Å²) < 4.78 is 42.0. The third-order valence-electron chi connectivity index (χ3n) is 2.91. The van der Waals surface area contributed by atoms with E-state index in [1.807, 2.05) is 19.1 Å². The average Bonchev–Trinajstić information content (AvgIpc) is 2.17. The highest BCUT2D eigenvalue weighted by molar-refractivity contribution is 6.40. The predicted molar refractivity (Wildman–Crippen MR) is 61.4 cm³/mol. The van der Waals surface area contributed by atoms with Crippen LogP contribution in [-0.4, -0.2) is 27.5 Å². The molecule has 0 aromatic heterocycles. The second-order valence-corrected chi connectivity index (χ2v) is 6.74. The maximum absolute atomic E-state index is 12.1. The Labute approximate surface area is 96.9 Å². The lowest BCUT2D eigenvalue weighted by Gasteiger charge is -2.35. The van der Waals surface area contributed by atoms with Crippen molar-refractivity contribution in [3.63, 3.8) is 0 Å². The van der Waals surface area contributed by atoms with Gasteiger partial charge in [0.05, 0.1) is 14.7 Å². The molecule has 0 aromatic carbocycles. The molecule has 0 bridgehead atoms. The van der Waals surface area contributed by atoms with Gasteiger partial charge in [0.25, 0.3) is 0 Å². The third kappa shape index (κ3) is 4.70. The number of alkyl halides is 3. The van der Waals surface area contributed by atoms with Crippen molar-refractivity contribution in [2.45, 2.75) is 50.1 Å². The van der Waals surface area contributed by atoms with Gasteiger partial charge in [-0.1, -0.05) is 18.2 Å². The number of hydrogen-bond acceptors (Lipinski definition) is 1. The second-order valence-electron chi connectivity index (χ2n) is 4.34. The van der Waals surface area contributed by atoms with Crippen LogP contribution in [0.4, 0.5) is 13.2 Å². The van der Waals surface area contributed by atoms with Gasteiger partial charge in [-0.2, -0.15) is 13.2 Å². The molecule has 0 radical (unpaired) electrons. The molecule has 1 atom stereocenters. The molecule has 0 N–H and O–H groups in total. The van der Waals surface area contributed by atoms with Gasteiger partial charge < -0.3 is 4.74 Å². The van der Waals surface area contributed by atoms with Gasteiger partial charge in [-0.25, -0.2) is 0 Å². The molecule has 0 saturated carbocycles. The van der Waals surface area contributed by atoms with Gasteiger partial charge in [0.1, 0.15) is 0 Å². The Kier molecular flexibility index (Phi) is 5.05. The number of allylic oxidation sites excluding steroid dienone is 1. The lowest BCUT2D eigenvalue weighted by atomic mass is 10.1. The zero-order chi connectivity index (χ0) is 12.1. The Morgan fingerprint density at radius 2 is 2.12 bits per heavy atom. The zero-order valence-electron chi connectivity index (χ0n) is 9.65. The average molecular weight is 252 g/mol. The van der Waals surface area contributed by atoms with Gasteiger partial charge in [0.2, 0.25) is 0 Å². The molecular formula is C11H19F3OSi. The van der Waals surface area contributed by atoms with Crippen LogP contribution in [0.3, 0.4) is 0 Å². The highest BCUT2D eigenvalue weighted by Gasteiger charge is 2.33. The van der Waals surface area contributed by atoms with Crippen LogP contribution in [-0.2, 0) is 4.74 Å². The lowest BCUT2D eigenvalue weighted by molar-refractivity contribution is -0.130. The number of rotatable bonds is 4. The van der Waals surface area contributed by atoms with Crippen LogP contribution in [0.15, 0.2) is 12.2 Å². The first kappa shape index (κ1) is 13.8. The molecule has 0 amide bonds. The Hall–Kier alpha value is -0.293. The van der Waals surface area contributed by atoms with Crippen molar-refractivity contribution >= 4 is 9.52 Å². The summed E-state index contributed by atoms with van der Waals surface area (Å²) in [6, 6.07) is 0.286. The summed E-state index contributed by atoms with van der Waals surface area (Å²) in [5.74, 6) is 0. The Bertz CT molecular complexity index is 232. The molecule has 1 rings (SSSR count). The van der Waals surface area contributed by atoms with Crippen molar-refractivity contribution in [3.05, 3.63) is 12.2 Å². The van der Waals surface area contributed by atoms with Gasteiger partial charge in [0.15, 0.2) is 0 Å². The fourth-order valence-corrected chi connectivity index (χ4v) is 4.54. The van der Waals surface area contributed by atoms with Crippen molar-refractivity contribution in [2.24, 2.45) is 0 Å². The van der Waals surface area contributed by atoms with Crippen LogP contribution in [0.5, 0.6) is 0 Å². The van der Waals surface area contributed by atoms with Crippen LogP contribution in [0, 0.1) is 0 Å². The van der Waals surface area contributed by atoms with Crippen LogP contribution in [0.25, 0.3) is 0 Å². The molecule has 16 heavy (non-hydrogen) atoms. The maximum Gasteiger partial charge on any atom is 0.388 e. The predicted octanol–water partition coefficient (Wildman–Crippen LogP) is 3.00. The van der Waals surface area contributed by atoms with E-state index in [2.05, 4.69) is 0 Å². The zero-order valence-corrected chi connectivity index (χ0v) is 11.1. The molecule has 5 heteroatoms. The molecule has 1 nitrogen and oxygen atoms in total. The minimum absolute atomic E-state index is 0.286. The first-order valence-corrected chi connectivity index (χ1v) is 7.53. The lowest BCUT2D eigenvalue weighted by Crippen LogP contribution is -2.40. The van der Waals surface area contributed by atoms with Gasteiger partial charge in [0, 0.05) is 13.0 Å². The summed E-state index contributed by atoms with van der Waals surface area (Å²) in [5, 5.41) is -0.293. The van der Waals surface area contributed by atoms with E-state index in [0.717, 1.165) is 19.3 Å². The largest absolute Gasteiger partial charge is 0.388 e. The van der Waals surface area contributed by atoms with Crippen molar-refractivity contribution in [1.29, 1.82) is 0 Å². The van der Waals surface area contributed by atoms with E-state index in [0.29, 0.717) is 6.61 Å². The van der Waals surface area contributed by atoms with Gasteiger partial charge in [-0.15, -0.1) is 0 Å². The van der Waals surface area contributed by atoms with E-state index in [4.69, 9.17) is 4.74 Å². The van der Waals surface area contributed by atoms with Crippen LogP contribution < -0.4 is 0 Å². The highest BCUT2D eigenvalue weighted by atomic mass is 28.2. The summed E-state index contributed by atoms with van der Waals surface area (Å²) >= 11 is 0. The summed E-state index contributed by atoms with van der Waals surface area (Å²) in [5.41, 5.74) is 0. The Morgan fingerprint density at radius 1 is 1.38 bits per heavy atom. The molecule has 1 saturated heterocycles. The number of halogens is 3. The Balaban J connectivity index is 2.45. The number of hydrogen-bond donors (Lipinski definition) is 0. The molecule has 0 aromatic rings. The van der Waals surface area contributed by atoms with Crippen molar-refractivity contribution in [2.75, 3.05) is 6.61 Å².